The van der Waals surface area contributed by atoms with Gasteiger partial charge in [0.25, 0.3) is 5.71 Å². The summed E-state index contributed by atoms with van der Waals surface area (Å²) in [5.74, 6) is 14.0. The standard InChI is InChI=1S/C22H32N2/c23-24-22-19-15-11-7-3-6-10-14-18-21(22)20-16-12-8-4-1-2-5-9-13-17-20/h20-21H,1-12,15-16,19H2. The van der Waals surface area contributed by atoms with Crippen molar-refractivity contribution in [3.63, 3.8) is 0 Å². The van der Waals surface area contributed by atoms with Crippen LogP contribution in [0, 0.1) is 35.5 Å². The highest BCUT2D eigenvalue weighted by atomic mass is 14.9. The fraction of sp³-hybridized carbons (Fsp3) is 0.773. The van der Waals surface area contributed by atoms with Gasteiger partial charge in [-0.15, -0.1) is 11.8 Å². The lowest BCUT2D eigenvalue weighted by Crippen LogP contribution is -2.23. The van der Waals surface area contributed by atoms with Crippen LogP contribution in [0.25, 0.3) is 5.53 Å². The first-order valence-corrected chi connectivity index (χ1v) is 10.1. The molecule has 2 rings (SSSR count). The average Bonchev–Trinajstić information content (AvgIpc) is 2.70. The van der Waals surface area contributed by atoms with Gasteiger partial charge in [0.1, 0.15) is 5.92 Å². The van der Waals surface area contributed by atoms with Gasteiger partial charge in [0, 0.05) is 25.2 Å². The van der Waals surface area contributed by atoms with E-state index in [1.54, 1.807) is 0 Å². The summed E-state index contributed by atoms with van der Waals surface area (Å²) in [7, 11) is 0. The Hall–Kier alpha value is -1.50. The zero-order chi connectivity index (χ0) is 16.9. The first kappa shape index (κ1) is 18.8. The summed E-state index contributed by atoms with van der Waals surface area (Å²) in [6.45, 7) is 0. The Morgan fingerprint density at radius 1 is 0.708 bits per heavy atom. The van der Waals surface area contributed by atoms with Crippen LogP contribution in [0.1, 0.15) is 96.3 Å². The van der Waals surface area contributed by atoms with Gasteiger partial charge in [-0.2, -0.15) is 4.79 Å². The molecule has 0 amide bonds. The molecule has 0 spiro atoms. The zero-order valence-corrected chi connectivity index (χ0v) is 15.2. The van der Waals surface area contributed by atoms with Gasteiger partial charge in [0.2, 0.25) is 0 Å². The Morgan fingerprint density at radius 3 is 2.00 bits per heavy atom. The molecule has 2 atom stereocenters. The van der Waals surface area contributed by atoms with Gasteiger partial charge < -0.3 is 5.53 Å². The molecule has 0 heterocycles. The normalized spacial score (nSPS) is 27.1. The lowest BCUT2D eigenvalue weighted by molar-refractivity contribution is -0.0156. The summed E-state index contributed by atoms with van der Waals surface area (Å²) >= 11 is 0. The summed E-state index contributed by atoms with van der Waals surface area (Å²) < 4.78 is 0. The van der Waals surface area contributed by atoms with Crippen molar-refractivity contribution in [2.45, 2.75) is 96.3 Å². The number of hydrogen-bond acceptors (Lipinski definition) is 0. The second kappa shape index (κ2) is 11.9. The van der Waals surface area contributed by atoms with E-state index in [-0.39, 0.29) is 11.8 Å². The summed E-state index contributed by atoms with van der Waals surface area (Å²) in [5, 5.41) is 0. The number of hydrogen-bond donors (Lipinski definition) is 0. The van der Waals surface area contributed by atoms with Gasteiger partial charge in [-0.25, -0.2) is 0 Å². The van der Waals surface area contributed by atoms with Crippen molar-refractivity contribution in [2.24, 2.45) is 11.8 Å². The molecule has 0 aromatic heterocycles. The van der Waals surface area contributed by atoms with Crippen LogP contribution < -0.4 is 0 Å². The quantitative estimate of drug-likeness (QED) is 0.333. The Morgan fingerprint density at radius 2 is 1.29 bits per heavy atom. The SMILES string of the molecule is [N-]=[N+]=C1CCCCCCCC#CC1C1C#CCCCCCCCC1. The Bertz CT molecular complexity index is 534. The van der Waals surface area contributed by atoms with Crippen LogP contribution in [-0.2, 0) is 0 Å². The smallest absolute Gasteiger partial charge is 0.284 e. The van der Waals surface area contributed by atoms with E-state index in [1.807, 2.05) is 0 Å². The molecule has 2 heteroatoms. The van der Waals surface area contributed by atoms with Crippen LogP contribution in [0.4, 0.5) is 0 Å². The van der Waals surface area contributed by atoms with Gasteiger partial charge in [-0.05, 0) is 25.7 Å². The van der Waals surface area contributed by atoms with Crippen LogP contribution in [0.5, 0.6) is 0 Å². The highest BCUT2D eigenvalue weighted by molar-refractivity contribution is 5.85. The molecule has 0 aromatic rings. The third kappa shape index (κ3) is 6.95. The zero-order valence-electron chi connectivity index (χ0n) is 15.2. The Balaban J connectivity index is 2.17. The molecular weight excluding hydrogens is 292 g/mol. The van der Waals surface area contributed by atoms with Gasteiger partial charge >= 0.3 is 0 Å². The average molecular weight is 325 g/mol. The maximum atomic E-state index is 9.58. The second-order valence-corrected chi connectivity index (χ2v) is 7.25. The number of rotatable bonds is 1. The molecule has 130 valence electrons. The van der Waals surface area contributed by atoms with E-state index in [4.69, 9.17) is 0 Å². The van der Waals surface area contributed by atoms with Crippen LogP contribution in [0.2, 0.25) is 0 Å². The van der Waals surface area contributed by atoms with Gasteiger partial charge in [-0.1, -0.05) is 63.2 Å². The fourth-order valence-electron chi connectivity index (χ4n) is 3.73. The van der Waals surface area contributed by atoms with Crippen LogP contribution in [0.15, 0.2) is 0 Å². The minimum Gasteiger partial charge on any atom is -0.362 e. The molecule has 2 nitrogen and oxygen atoms in total. The van der Waals surface area contributed by atoms with Gasteiger partial charge in [0.15, 0.2) is 0 Å². The number of nitrogens with zero attached hydrogens (tertiary/aromatic N) is 2. The van der Waals surface area contributed by atoms with E-state index < -0.39 is 0 Å². The molecular formula is C22H32N2. The third-order valence-electron chi connectivity index (χ3n) is 5.24. The highest BCUT2D eigenvalue weighted by Gasteiger charge is 2.29. The van der Waals surface area contributed by atoms with Crippen LogP contribution in [-0.4, -0.2) is 10.5 Å². The van der Waals surface area contributed by atoms with Crippen LogP contribution >= 0.6 is 0 Å². The predicted octanol–water partition coefficient (Wildman–Crippen LogP) is 5.78. The summed E-state index contributed by atoms with van der Waals surface area (Å²) in [4.78, 5) is 3.67. The van der Waals surface area contributed by atoms with Crippen molar-refractivity contribution >= 4 is 5.71 Å². The van der Waals surface area contributed by atoms with Crippen molar-refractivity contribution in [3.8, 4) is 23.7 Å². The molecule has 0 aromatic carbocycles. The molecule has 0 fully saturated rings. The van der Waals surface area contributed by atoms with E-state index in [1.165, 1.54) is 64.2 Å². The van der Waals surface area contributed by atoms with Crippen molar-refractivity contribution < 1.29 is 4.79 Å². The predicted molar refractivity (Wildman–Crippen MR) is 100 cm³/mol. The molecule has 0 saturated carbocycles. The molecule has 24 heavy (non-hydrogen) atoms. The third-order valence-corrected chi connectivity index (χ3v) is 5.24. The molecule has 2 aliphatic rings. The Labute approximate surface area is 148 Å². The van der Waals surface area contributed by atoms with Crippen molar-refractivity contribution in [2.75, 3.05) is 0 Å². The topological polar surface area (TPSA) is 36.4 Å². The monoisotopic (exact) mass is 324 g/mol. The molecule has 0 radical (unpaired) electrons. The summed E-state index contributed by atoms with van der Waals surface area (Å²) in [6, 6.07) is 0. The lowest BCUT2D eigenvalue weighted by Gasteiger charge is -2.15. The second-order valence-electron chi connectivity index (χ2n) is 7.25. The summed E-state index contributed by atoms with van der Waals surface area (Å²) in [6.07, 6.45) is 17.7. The molecule has 2 aliphatic carbocycles. The largest absolute Gasteiger partial charge is 0.362 e. The van der Waals surface area contributed by atoms with E-state index in [9.17, 15) is 5.53 Å². The van der Waals surface area contributed by atoms with Gasteiger partial charge in [-0.3, -0.25) is 0 Å². The van der Waals surface area contributed by atoms with E-state index in [0.29, 0.717) is 0 Å². The van der Waals surface area contributed by atoms with E-state index >= 15 is 0 Å². The Kier molecular flexibility index (Phi) is 9.38. The van der Waals surface area contributed by atoms with Gasteiger partial charge in [0.05, 0.1) is 0 Å². The molecule has 0 saturated heterocycles. The minimum atomic E-state index is 0.0290. The van der Waals surface area contributed by atoms with E-state index in [2.05, 4.69) is 28.5 Å². The van der Waals surface area contributed by atoms with E-state index in [0.717, 1.165) is 37.8 Å². The molecule has 0 N–H and O–H groups in total. The van der Waals surface area contributed by atoms with Crippen molar-refractivity contribution in [1.29, 1.82) is 0 Å². The maximum Gasteiger partial charge on any atom is 0.284 e. The molecule has 2 unspecified atom stereocenters. The first-order valence-electron chi connectivity index (χ1n) is 10.1. The molecule has 0 bridgehead atoms. The highest BCUT2D eigenvalue weighted by Crippen LogP contribution is 2.24. The minimum absolute atomic E-state index is 0.0290. The first-order chi connectivity index (χ1) is 11.9. The summed E-state index contributed by atoms with van der Waals surface area (Å²) in [5.41, 5.74) is 10.5. The van der Waals surface area contributed by atoms with Crippen molar-refractivity contribution in [1.82, 2.24) is 0 Å². The maximum absolute atomic E-state index is 9.58. The fourth-order valence-corrected chi connectivity index (χ4v) is 3.73. The van der Waals surface area contributed by atoms with Crippen molar-refractivity contribution in [3.05, 3.63) is 5.53 Å². The van der Waals surface area contributed by atoms with Crippen LogP contribution in [0.3, 0.4) is 0 Å². The molecule has 0 aliphatic heterocycles. The lowest BCUT2D eigenvalue weighted by atomic mass is 9.83.